The molecule has 1 rings (SSSR count). The summed E-state index contributed by atoms with van der Waals surface area (Å²) in [6, 6.07) is 0. The fourth-order valence-electron chi connectivity index (χ4n) is 2.04. The third kappa shape index (κ3) is 4.61. The highest BCUT2D eigenvalue weighted by molar-refractivity contribution is 5.76. The van der Waals surface area contributed by atoms with Crippen LogP contribution in [0, 0.1) is 11.3 Å². The molecule has 3 N–H and O–H groups in total. The summed E-state index contributed by atoms with van der Waals surface area (Å²) in [6.07, 6.45) is 5.85. The van der Waals surface area contributed by atoms with Crippen molar-refractivity contribution in [3.63, 3.8) is 0 Å². The molecule has 0 bridgehead atoms. The normalized spacial score (nSPS) is 24.5. The Labute approximate surface area is 87.2 Å². The van der Waals surface area contributed by atoms with E-state index in [2.05, 4.69) is 11.8 Å². The average Bonchev–Trinajstić information content (AvgIpc) is 2.30. The molecule has 0 aliphatic carbocycles. The number of hydrogen-bond donors (Lipinski definition) is 2. The number of likely N-dealkylation sites (tertiary alicyclic amines) is 1. The van der Waals surface area contributed by atoms with Gasteiger partial charge in [0.2, 0.25) is 0 Å². The quantitative estimate of drug-likeness (QED) is 0.533. The first-order valence-electron chi connectivity index (χ1n) is 5.73. The monoisotopic (exact) mass is 197 g/mol. The Bertz CT molecular complexity index is 179. The highest BCUT2D eigenvalue weighted by Gasteiger charge is 2.12. The van der Waals surface area contributed by atoms with Crippen LogP contribution < -0.4 is 5.73 Å². The fourth-order valence-corrected chi connectivity index (χ4v) is 2.04. The van der Waals surface area contributed by atoms with Crippen LogP contribution in [0.4, 0.5) is 0 Å². The molecule has 1 aliphatic heterocycles. The highest BCUT2D eigenvalue weighted by Crippen LogP contribution is 2.16. The second-order valence-electron chi connectivity index (χ2n) is 4.51. The fraction of sp³-hybridized carbons (Fsp3) is 0.909. The van der Waals surface area contributed by atoms with Gasteiger partial charge in [0.1, 0.15) is 0 Å². The Morgan fingerprint density at radius 2 is 2.21 bits per heavy atom. The Kier molecular flexibility index (Phi) is 4.94. The lowest BCUT2D eigenvalue weighted by Crippen LogP contribution is -2.26. The molecule has 0 spiro atoms. The van der Waals surface area contributed by atoms with Gasteiger partial charge in [0, 0.05) is 6.42 Å². The van der Waals surface area contributed by atoms with Crippen LogP contribution in [0.3, 0.4) is 0 Å². The predicted molar refractivity (Wildman–Crippen MR) is 60.6 cm³/mol. The summed E-state index contributed by atoms with van der Waals surface area (Å²) >= 11 is 0. The molecule has 0 radical (unpaired) electrons. The zero-order chi connectivity index (χ0) is 10.4. The summed E-state index contributed by atoms with van der Waals surface area (Å²) in [5, 5.41) is 7.15. The molecule has 1 aliphatic rings. The standard InChI is InChI=1S/C11H23N3/c1-10-4-2-7-14(9-6-10)8-3-5-11(12)13/h10H,2-9H2,1H3,(H3,12,13). The van der Waals surface area contributed by atoms with Crippen molar-refractivity contribution < 1.29 is 0 Å². The van der Waals surface area contributed by atoms with Crippen LogP contribution in [-0.2, 0) is 0 Å². The van der Waals surface area contributed by atoms with Crippen LogP contribution in [0.15, 0.2) is 0 Å². The first-order chi connectivity index (χ1) is 6.68. The van der Waals surface area contributed by atoms with Crippen molar-refractivity contribution in [3.8, 4) is 0 Å². The number of hydrogen-bond acceptors (Lipinski definition) is 2. The summed E-state index contributed by atoms with van der Waals surface area (Å²) in [5.41, 5.74) is 5.33. The van der Waals surface area contributed by atoms with E-state index < -0.39 is 0 Å². The van der Waals surface area contributed by atoms with Crippen molar-refractivity contribution in [3.05, 3.63) is 0 Å². The third-order valence-electron chi connectivity index (χ3n) is 3.03. The Hall–Kier alpha value is -0.570. The molecule has 0 aromatic heterocycles. The third-order valence-corrected chi connectivity index (χ3v) is 3.03. The molecule has 0 aromatic carbocycles. The van der Waals surface area contributed by atoms with E-state index >= 15 is 0 Å². The van der Waals surface area contributed by atoms with Crippen molar-refractivity contribution in [2.75, 3.05) is 19.6 Å². The molecule has 1 atom stereocenters. The molecule has 1 saturated heterocycles. The van der Waals surface area contributed by atoms with Crippen molar-refractivity contribution >= 4 is 5.84 Å². The minimum atomic E-state index is 0.327. The minimum Gasteiger partial charge on any atom is -0.388 e. The summed E-state index contributed by atoms with van der Waals surface area (Å²) in [7, 11) is 0. The molecule has 0 aromatic rings. The number of amidine groups is 1. The van der Waals surface area contributed by atoms with Gasteiger partial charge in [-0.1, -0.05) is 6.92 Å². The molecule has 3 heteroatoms. The van der Waals surface area contributed by atoms with Crippen molar-refractivity contribution in [2.45, 2.75) is 39.0 Å². The van der Waals surface area contributed by atoms with Crippen molar-refractivity contribution in [2.24, 2.45) is 11.7 Å². The largest absolute Gasteiger partial charge is 0.388 e. The molecule has 1 heterocycles. The van der Waals surface area contributed by atoms with E-state index in [0.29, 0.717) is 5.84 Å². The second-order valence-corrected chi connectivity index (χ2v) is 4.51. The predicted octanol–water partition coefficient (Wildman–Crippen LogP) is 1.82. The van der Waals surface area contributed by atoms with E-state index in [-0.39, 0.29) is 0 Å². The summed E-state index contributed by atoms with van der Waals surface area (Å²) < 4.78 is 0. The van der Waals surface area contributed by atoms with Gasteiger partial charge in [0.25, 0.3) is 0 Å². The SMILES string of the molecule is CC1CCCN(CCCC(=N)N)CC1. The van der Waals surface area contributed by atoms with Crippen LogP contribution in [0.2, 0.25) is 0 Å². The van der Waals surface area contributed by atoms with E-state index in [1.165, 1.54) is 32.4 Å². The Morgan fingerprint density at radius 3 is 2.93 bits per heavy atom. The molecular weight excluding hydrogens is 174 g/mol. The highest BCUT2D eigenvalue weighted by atomic mass is 15.1. The lowest BCUT2D eigenvalue weighted by molar-refractivity contribution is 0.280. The summed E-state index contributed by atoms with van der Waals surface area (Å²) in [4.78, 5) is 2.52. The number of nitrogens with one attached hydrogen (secondary N) is 1. The first kappa shape index (κ1) is 11.5. The maximum atomic E-state index is 7.15. The Balaban J connectivity index is 2.14. The molecule has 14 heavy (non-hydrogen) atoms. The van der Waals surface area contributed by atoms with Gasteiger partial charge in [-0.3, -0.25) is 5.41 Å². The summed E-state index contributed by atoms with van der Waals surface area (Å²) in [6.45, 7) is 5.94. The van der Waals surface area contributed by atoms with E-state index in [0.717, 1.165) is 25.3 Å². The van der Waals surface area contributed by atoms with Gasteiger partial charge in [0.15, 0.2) is 0 Å². The minimum absolute atomic E-state index is 0.327. The first-order valence-corrected chi connectivity index (χ1v) is 5.73. The number of nitrogens with zero attached hydrogens (tertiary/aromatic N) is 1. The zero-order valence-electron chi connectivity index (χ0n) is 9.26. The molecule has 1 fully saturated rings. The van der Waals surface area contributed by atoms with Gasteiger partial charge in [-0.25, -0.2) is 0 Å². The second kappa shape index (κ2) is 6.02. The van der Waals surface area contributed by atoms with E-state index in [1.54, 1.807) is 0 Å². The molecule has 0 saturated carbocycles. The maximum absolute atomic E-state index is 7.15. The van der Waals surface area contributed by atoms with Crippen LogP contribution in [0.1, 0.15) is 39.0 Å². The lowest BCUT2D eigenvalue weighted by atomic mass is 10.0. The van der Waals surface area contributed by atoms with Gasteiger partial charge >= 0.3 is 0 Å². The van der Waals surface area contributed by atoms with E-state index in [4.69, 9.17) is 11.1 Å². The Morgan fingerprint density at radius 1 is 1.43 bits per heavy atom. The molecular formula is C11H23N3. The van der Waals surface area contributed by atoms with Crippen LogP contribution in [0.5, 0.6) is 0 Å². The number of nitrogens with two attached hydrogens (primary N) is 1. The van der Waals surface area contributed by atoms with Gasteiger partial charge in [-0.2, -0.15) is 0 Å². The van der Waals surface area contributed by atoms with E-state index in [1.807, 2.05) is 0 Å². The molecule has 1 unspecified atom stereocenters. The van der Waals surface area contributed by atoms with Gasteiger partial charge in [-0.05, 0) is 51.2 Å². The van der Waals surface area contributed by atoms with E-state index in [9.17, 15) is 0 Å². The smallest absolute Gasteiger partial charge is 0.0905 e. The van der Waals surface area contributed by atoms with Crippen LogP contribution >= 0.6 is 0 Å². The van der Waals surface area contributed by atoms with Crippen molar-refractivity contribution in [1.82, 2.24) is 4.90 Å². The van der Waals surface area contributed by atoms with Gasteiger partial charge in [-0.15, -0.1) is 0 Å². The topological polar surface area (TPSA) is 53.1 Å². The molecule has 0 amide bonds. The van der Waals surface area contributed by atoms with Gasteiger partial charge < -0.3 is 10.6 Å². The number of rotatable bonds is 4. The average molecular weight is 197 g/mol. The van der Waals surface area contributed by atoms with Crippen molar-refractivity contribution in [1.29, 1.82) is 5.41 Å². The summed E-state index contributed by atoms with van der Waals surface area (Å²) in [5.74, 6) is 1.22. The zero-order valence-corrected chi connectivity index (χ0v) is 9.26. The molecule has 82 valence electrons. The maximum Gasteiger partial charge on any atom is 0.0905 e. The molecule has 3 nitrogen and oxygen atoms in total. The lowest BCUT2D eigenvalue weighted by Gasteiger charge is -2.19. The van der Waals surface area contributed by atoms with Crippen LogP contribution in [-0.4, -0.2) is 30.4 Å². The van der Waals surface area contributed by atoms with Gasteiger partial charge in [0.05, 0.1) is 5.84 Å². The van der Waals surface area contributed by atoms with Crippen LogP contribution in [0.25, 0.3) is 0 Å².